The molecule has 6 nitrogen and oxygen atoms in total. The minimum atomic E-state index is -0.404. The van der Waals surface area contributed by atoms with Gasteiger partial charge in [0.2, 0.25) is 0 Å². The Bertz CT molecular complexity index is 1150. The first-order valence-electron chi connectivity index (χ1n) is 10.2. The Kier molecular flexibility index (Phi) is 5.74. The summed E-state index contributed by atoms with van der Waals surface area (Å²) in [4.78, 5) is 14.9. The molecule has 7 heteroatoms. The Labute approximate surface area is 186 Å². The van der Waals surface area contributed by atoms with Gasteiger partial charge in [-0.3, -0.25) is 9.89 Å². The van der Waals surface area contributed by atoms with Gasteiger partial charge in [0.1, 0.15) is 22.9 Å². The largest absolute Gasteiger partial charge is 0.507 e. The average molecular weight is 438 g/mol. The molecule has 0 radical (unpaired) electrons. The number of rotatable bonds is 7. The Morgan fingerprint density at radius 2 is 2.16 bits per heavy atom. The number of hydrogen-bond donors (Lipinski definition) is 2. The second-order valence-corrected chi connectivity index (χ2v) is 7.96. The van der Waals surface area contributed by atoms with Crippen molar-refractivity contribution in [1.29, 1.82) is 0 Å². The first kappa shape index (κ1) is 21.0. The molecule has 2 aromatic carbocycles. The molecule has 0 aliphatic carbocycles. The van der Waals surface area contributed by atoms with Gasteiger partial charge in [0.25, 0.3) is 5.91 Å². The van der Waals surface area contributed by atoms with Crippen molar-refractivity contribution in [2.45, 2.75) is 26.3 Å². The average Bonchev–Trinajstić information content (AvgIpc) is 3.29. The van der Waals surface area contributed by atoms with Crippen LogP contribution in [0, 0.1) is 6.92 Å². The van der Waals surface area contributed by atoms with Gasteiger partial charge < -0.3 is 14.7 Å². The third kappa shape index (κ3) is 3.68. The van der Waals surface area contributed by atoms with Crippen LogP contribution in [0.4, 0.5) is 0 Å². The monoisotopic (exact) mass is 437 g/mol. The van der Waals surface area contributed by atoms with Crippen LogP contribution in [0.25, 0.3) is 11.3 Å². The van der Waals surface area contributed by atoms with Crippen molar-refractivity contribution >= 4 is 17.5 Å². The van der Waals surface area contributed by atoms with Gasteiger partial charge in [-0.2, -0.15) is 5.10 Å². The molecule has 1 aromatic heterocycles. The molecule has 1 aliphatic heterocycles. The molecule has 0 spiro atoms. The number of ether oxygens (including phenoxy) is 1. The number of hydrogen-bond acceptors (Lipinski definition) is 4. The fourth-order valence-corrected chi connectivity index (χ4v) is 4.09. The van der Waals surface area contributed by atoms with Gasteiger partial charge in [-0.15, -0.1) is 6.58 Å². The van der Waals surface area contributed by atoms with Gasteiger partial charge in [-0.05, 0) is 48.7 Å². The number of aromatic hydroxyl groups is 1. The second kappa shape index (κ2) is 8.47. The lowest BCUT2D eigenvalue weighted by Crippen LogP contribution is -2.29. The standard InChI is InChI=1S/C24H24ClN3O3/c1-4-9-28-23(15-7-6-8-16(12-15)31-10-5-2)20-21(26-27-22(20)24(28)30)17-13-18(25)14(3)11-19(17)29/h4,6-8,11-13,23,29H,1,5,9-10H2,2-3H3,(H,26,27). The van der Waals surface area contributed by atoms with E-state index in [9.17, 15) is 9.90 Å². The van der Waals surface area contributed by atoms with Crippen LogP contribution < -0.4 is 4.74 Å². The molecule has 0 saturated heterocycles. The van der Waals surface area contributed by atoms with Gasteiger partial charge in [0, 0.05) is 22.7 Å². The van der Waals surface area contributed by atoms with Crippen LogP contribution in [-0.2, 0) is 0 Å². The van der Waals surface area contributed by atoms with Crippen LogP contribution in [0.1, 0.15) is 46.6 Å². The minimum Gasteiger partial charge on any atom is -0.507 e. The van der Waals surface area contributed by atoms with Crippen LogP contribution >= 0.6 is 11.6 Å². The third-order valence-electron chi connectivity index (χ3n) is 5.37. The van der Waals surface area contributed by atoms with E-state index in [1.54, 1.807) is 23.1 Å². The molecule has 0 bridgehead atoms. The Morgan fingerprint density at radius 1 is 1.35 bits per heavy atom. The van der Waals surface area contributed by atoms with Crippen molar-refractivity contribution in [3.63, 3.8) is 0 Å². The lowest BCUT2D eigenvalue weighted by atomic mass is 9.95. The van der Waals surface area contributed by atoms with Crippen molar-refractivity contribution in [3.8, 4) is 22.8 Å². The SMILES string of the molecule is C=CCN1C(=O)c2[nH]nc(-c3cc(Cl)c(C)cc3O)c2C1c1cccc(OCCC)c1. The van der Waals surface area contributed by atoms with Gasteiger partial charge >= 0.3 is 0 Å². The Balaban J connectivity index is 1.88. The number of nitrogens with one attached hydrogen (secondary N) is 1. The highest BCUT2D eigenvalue weighted by Gasteiger charge is 2.42. The Morgan fingerprint density at radius 3 is 2.90 bits per heavy atom. The lowest BCUT2D eigenvalue weighted by molar-refractivity contribution is 0.0764. The highest BCUT2D eigenvalue weighted by molar-refractivity contribution is 6.31. The fourth-order valence-electron chi connectivity index (χ4n) is 3.93. The fraction of sp³-hybridized carbons (Fsp3) is 0.250. The van der Waals surface area contributed by atoms with Gasteiger partial charge in [0.05, 0.1) is 12.6 Å². The number of benzene rings is 2. The number of carbonyl (C=O) groups is 1. The molecule has 0 fully saturated rings. The molecule has 0 saturated carbocycles. The minimum absolute atomic E-state index is 0.0598. The van der Waals surface area contributed by atoms with Crippen molar-refractivity contribution < 1.29 is 14.6 Å². The maximum Gasteiger partial charge on any atom is 0.273 e. The van der Waals surface area contributed by atoms with E-state index in [0.29, 0.717) is 40.7 Å². The zero-order valence-electron chi connectivity index (χ0n) is 17.5. The van der Waals surface area contributed by atoms with Crippen molar-refractivity contribution in [2.75, 3.05) is 13.2 Å². The van der Waals surface area contributed by atoms with E-state index in [4.69, 9.17) is 16.3 Å². The highest BCUT2D eigenvalue weighted by Crippen LogP contribution is 2.45. The molecule has 1 amide bonds. The number of phenols is 1. The number of fused-ring (bicyclic) bond motifs is 1. The molecule has 1 unspecified atom stereocenters. The number of amides is 1. The number of aromatic amines is 1. The summed E-state index contributed by atoms with van der Waals surface area (Å²) < 4.78 is 5.81. The molecule has 1 atom stereocenters. The molecular weight excluding hydrogens is 414 g/mol. The van der Waals surface area contributed by atoms with E-state index < -0.39 is 6.04 Å². The maximum atomic E-state index is 13.2. The molecule has 31 heavy (non-hydrogen) atoms. The molecule has 2 heterocycles. The lowest BCUT2D eigenvalue weighted by Gasteiger charge is -2.25. The molecule has 3 aromatic rings. The summed E-state index contributed by atoms with van der Waals surface area (Å²) in [6.45, 7) is 8.66. The van der Waals surface area contributed by atoms with Gasteiger partial charge in [0.15, 0.2) is 0 Å². The normalized spacial score (nSPS) is 15.3. The summed E-state index contributed by atoms with van der Waals surface area (Å²) in [5.41, 5.74) is 3.73. The number of phenolic OH excluding ortho intramolecular Hbond substituents is 1. The van der Waals surface area contributed by atoms with E-state index in [1.165, 1.54) is 0 Å². The summed E-state index contributed by atoms with van der Waals surface area (Å²) in [5, 5.41) is 18.4. The van der Waals surface area contributed by atoms with Crippen LogP contribution in [0.3, 0.4) is 0 Å². The third-order valence-corrected chi connectivity index (χ3v) is 5.78. The van der Waals surface area contributed by atoms with Crippen LogP contribution in [-0.4, -0.2) is 39.3 Å². The number of nitrogens with zero attached hydrogens (tertiary/aromatic N) is 2. The molecular formula is C24H24ClN3O3. The maximum absolute atomic E-state index is 13.2. The van der Waals surface area contributed by atoms with E-state index in [-0.39, 0.29) is 11.7 Å². The summed E-state index contributed by atoms with van der Waals surface area (Å²) >= 11 is 6.33. The zero-order valence-corrected chi connectivity index (χ0v) is 18.2. The summed E-state index contributed by atoms with van der Waals surface area (Å²) in [6.07, 6.45) is 2.60. The molecule has 1 aliphatic rings. The first-order chi connectivity index (χ1) is 15.0. The Hall–Kier alpha value is -3.25. The van der Waals surface area contributed by atoms with E-state index in [1.807, 2.05) is 31.2 Å². The summed E-state index contributed by atoms with van der Waals surface area (Å²) in [7, 11) is 0. The number of carbonyl (C=O) groups excluding carboxylic acids is 1. The molecule has 4 rings (SSSR count). The van der Waals surface area contributed by atoms with Crippen LogP contribution in [0.2, 0.25) is 5.02 Å². The number of halogens is 1. The second-order valence-electron chi connectivity index (χ2n) is 7.55. The predicted octanol–water partition coefficient (Wildman–Crippen LogP) is 5.26. The predicted molar refractivity (Wildman–Crippen MR) is 121 cm³/mol. The van der Waals surface area contributed by atoms with E-state index >= 15 is 0 Å². The number of aromatic nitrogens is 2. The van der Waals surface area contributed by atoms with Gasteiger partial charge in [-0.1, -0.05) is 36.7 Å². The van der Waals surface area contributed by atoms with Gasteiger partial charge in [-0.25, -0.2) is 0 Å². The highest BCUT2D eigenvalue weighted by atomic mass is 35.5. The first-order valence-corrected chi connectivity index (χ1v) is 10.6. The van der Waals surface area contributed by atoms with Crippen LogP contribution in [0.5, 0.6) is 11.5 Å². The number of H-pyrrole nitrogens is 1. The topological polar surface area (TPSA) is 78.5 Å². The van der Waals surface area contributed by atoms with Crippen molar-refractivity contribution in [1.82, 2.24) is 15.1 Å². The van der Waals surface area contributed by atoms with E-state index in [2.05, 4.69) is 23.7 Å². The van der Waals surface area contributed by atoms with Crippen LogP contribution in [0.15, 0.2) is 49.1 Å². The number of aryl methyl sites for hydroxylation is 1. The summed E-state index contributed by atoms with van der Waals surface area (Å²) in [5.74, 6) is 0.630. The summed E-state index contributed by atoms with van der Waals surface area (Å²) in [6, 6.07) is 10.6. The smallest absolute Gasteiger partial charge is 0.273 e. The zero-order chi connectivity index (χ0) is 22.1. The quantitative estimate of drug-likeness (QED) is 0.494. The van der Waals surface area contributed by atoms with Crippen molar-refractivity contribution in [3.05, 3.63) is 76.5 Å². The van der Waals surface area contributed by atoms with E-state index in [0.717, 1.165) is 23.3 Å². The van der Waals surface area contributed by atoms with Crippen molar-refractivity contribution in [2.24, 2.45) is 0 Å². The molecule has 2 N–H and O–H groups in total. The molecule has 160 valence electrons.